The lowest BCUT2D eigenvalue weighted by atomic mass is 10.1. The standard InChI is InChI=1S/C18H28N2O2S2/c1-4-22-17(21)15-13-8-6-5-7-9-14(13)24-16(15)20-18(23)19-11-10-12(2)3/h12H,4-11H2,1-3H3,(H2,19,20,23). The molecule has 1 aromatic heterocycles. The van der Waals surface area contributed by atoms with E-state index in [0.717, 1.165) is 37.2 Å². The van der Waals surface area contributed by atoms with Crippen molar-refractivity contribution < 1.29 is 9.53 Å². The van der Waals surface area contributed by atoms with Gasteiger partial charge in [-0.25, -0.2) is 4.79 Å². The van der Waals surface area contributed by atoms with Gasteiger partial charge in [-0.3, -0.25) is 0 Å². The Morgan fingerprint density at radius 1 is 1.29 bits per heavy atom. The second kappa shape index (κ2) is 9.37. The summed E-state index contributed by atoms with van der Waals surface area (Å²) in [5.74, 6) is 0.401. The molecule has 1 aliphatic rings. The Morgan fingerprint density at radius 3 is 2.75 bits per heavy atom. The number of nitrogens with one attached hydrogen (secondary N) is 2. The summed E-state index contributed by atoms with van der Waals surface area (Å²) in [5, 5.41) is 7.88. The molecule has 0 aliphatic heterocycles. The predicted molar refractivity (Wildman–Crippen MR) is 105 cm³/mol. The molecule has 1 aromatic rings. The van der Waals surface area contributed by atoms with Gasteiger partial charge < -0.3 is 15.4 Å². The van der Waals surface area contributed by atoms with Crippen LogP contribution in [0, 0.1) is 5.92 Å². The van der Waals surface area contributed by atoms with Crippen molar-refractivity contribution in [3.05, 3.63) is 16.0 Å². The zero-order valence-electron chi connectivity index (χ0n) is 14.9. The maximum atomic E-state index is 12.5. The SMILES string of the molecule is CCOC(=O)c1c(NC(=S)NCCC(C)C)sc2c1CCCCC2. The number of anilines is 1. The molecule has 4 nitrogen and oxygen atoms in total. The zero-order valence-corrected chi connectivity index (χ0v) is 16.5. The van der Waals surface area contributed by atoms with Crippen LogP contribution in [0.15, 0.2) is 0 Å². The third-order valence-corrected chi connectivity index (χ3v) is 5.59. The number of aryl methyl sites for hydroxylation is 1. The van der Waals surface area contributed by atoms with E-state index in [2.05, 4.69) is 24.5 Å². The number of ether oxygens (including phenoxy) is 1. The van der Waals surface area contributed by atoms with Gasteiger partial charge >= 0.3 is 5.97 Å². The van der Waals surface area contributed by atoms with E-state index >= 15 is 0 Å². The average Bonchev–Trinajstić information content (AvgIpc) is 2.68. The van der Waals surface area contributed by atoms with Crippen LogP contribution in [0.5, 0.6) is 0 Å². The largest absolute Gasteiger partial charge is 0.462 e. The minimum absolute atomic E-state index is 0.232. The summed E-state index contributed by atoms with van der Waals surface area (Å²) in [6.45, 7) is 7.44. The third-order valence-electron chi connectivity index (χ3n) is 4.14. The Balaban J connectivity index is 2.15. The lowest BCUT2D eigenvalue weighted by molar-refractivity contribution is 0.0527. The number of hydrogen-bond acceptors (Lipinski definition) is 4. The molecule has 2 N–H and O–H groups in total. The quantitative estimate of drug-likeness (QED) is 0.439. The van der Waals surface area contributed by atoms with E-state index in [1.54, 1.807) is 11.3 Å². The third kappa shape index (κ3) is 5.18. The van der Waals surface area contributed by atoms with E-state index in [-0.39, 0.29) is 5.97 Å². The molecule has 1 aliphatic carbocycles. The van der Waals surface area contributed by atoms with Crippen LogP contribution in [0.2, 0.25) is 0 Å². The minimum Gasteiger partial charge on any atom is -0.462 e. The monoisotopic (exact) mass is 368 g/mol. The number of carbonyl (C=O) groups excluding carboxylic acids is 1. The molecule has 134 valence electrons. The second-order valence-corrected chi connectivity index (χ2v) is 8.07. The zero-order chi connectivity index (χ0) is 17.5. The van der Waals surface area contributed by atoms with Crippen molar-refractivity contribution in [3.63, 3.8) is 0 Å². The molecule has 2 rings (SSSR count). The van der Waals surface area contributed by atoms with Gasteiger partial charge in [0.05, 0.1) is 12.2 Å². The maximum Gasteiger partial charge on any atom is 0.341 e. The van der Waals surface area contributed by atoms with Crippen LogP contribution in [0.25, 0.3) is 0 Å². The fraction of sp³-hybridized carbons (Fsp3) is 0.667. The molecule has 0 aromatic carbocycles. The number of fused-ring (bicyclic) bond motifs is 1. The van der Waals surface area contributed by atoms with Gasteiger partial charge in [-0.15, -0.1) is 11.3 Å². The molecule has 6 heteroatoms. The van der Waals surface area contributed by atoms with E-state index < -0.39 is 0 Å². The summed E-state index contributed by atoms with van der Waals surface area (Å²) in [5.41, 5.74) is 1.87. The Hall–Kier alpha value is -1.14. The average molecular weight is 369 g/mol. The summed E-state index contributed by atoms with van der Waals surface area (Å²) in [6.07, 6.45) is 6.60. The van der Waals surface area contributed by atoms with Gasteiger partial charge in [0.1, 0.15) is 5.00 Å². The Bertz CT molecular complexity index is 582. The first kappa shape index (κ1) is 19.2. The normalized spacial score (nSPS) is 14.0. The van der Waals surface area contributed by atoms with E-state index in [0.29, 0.717) is 23.2 Å². The molecule has 24 heavy (non-hydrogen) atoms. The van der Waals surface area contributed by atoms with Crippen LogP contribution >= 0.6 is 23.6 Å². The Labute approximate surface area is 154 Å². The minimum atomic E-state index is -0.232. The molecule has 0 amide bonds. The van der Waals surface area contributed by atoms with Crippen molar-refractivity contribution in [2.24, 2.45) is 5.92 Å². The first-order valence-electron chi connectivity index (χ1n) is 8.89. The van der Waals surface area contributed by atoms with Crippen molar-refractivity contribution in [2.75, 3.05) is 18.5 Å². The van der Waals surface area contributed by atoms with Crippen LogP contribution in [0.3, 0.4) is 0 Å². The van der Waals surface area contributed by atoms with E-state index in [9.17, 15) is 4.79 Å². The fourth-order valence-electron chi connectivity index (χ4n) is 2.87. The summed E-state index contributed by atoms with van der Waals surface area (Å²) in [7, 11) is 0. The topological polar surface area (TPSA) is 50.4 Å². The summed E-state index contributed by atoms with van der Waals surface area (Å²) < 4.78 is 5.29. The molecule has 0 spiro atoms. The van der Waals surface area contributed by atoms with Gasteiger partial charge in [0, 0.05) is 11.4 Å². The molecule has 0 bridgehead atoms. The number of carbonyl (C=O) groups is 1. The predicted octanol–water partition coefficient (Wildman–Crippen LogP) is 4.53. The van der Waals surface area contributed by atoms with E-state index in [1.807, 2.05) is 6.92 Å². The van der Waals surface area contributed by atoms with E-state index in [1.165, 1.54) is 23.3 Å². The molecule has 0 unspecified atom stereocenters. The molecule has 1 heterocycles. The van der Waals surface area contributed by atoms with Crippen LogP contribution in [-0.2, 0) is 17.6 Å². The molecule has 0 atom stereocenters. The maximum absolute atomic E-state index is 12.5. The Kier molecular flexibility index (Phi) is 7.49. The highest BCUT2D eigenvalue weighted by Crippen LogP contribution is 2.37. The molecule has 0 saturated heterocycles. The lowest BCUT2D eigenvalue weighted by Gasteiger charge is -2.12. The highest BCUT2D eigenvalue weighted by Gasteiger charge is 2.26. The van der Waals surface area contributed by atoms with Gasteiger partial charge in [0.25, 0.3) is 0 Å². The van der Waals surface area contributed by atoms with Gasteiger partial charge in [0.2, 0.25) is 0 Å². The Morgan fingerprint density at radius 2 is 2.04 bits per heavy atom. The summed E-state index contributed by atoms with van der Waals surface area (Å²) in [4.78, 5) is 13.8. The van der Waals surface area contributed by atoms with Crippen molar-refractivity contribution in [1.29, 1.82) is 0 Å². The van der Waals surface area contributed by atoms with Crippen molar-refractivity contribution >= 4 is 39.6 Å². The van der Waals surface area contributed by atoms with Gasteiger partial charge in [-0.2, -0.15) is 0 Å². The second-order valence-electron chi connectivity index (χ2n) is 6.55. The van der Waals surface area contributed by atoms with Gasteiger partial charge in [-0.05, 0) is 62.7 Å². The summed E-state index contributed by atoms with van der Waals surface area (Å²) in [6, 6.07) is 0. The van der Waals surface area contributed by atoms with Gasteiger partial charge in [-0.1, -0.05) is 20.3 Å². The first-order chi connectivity index (χ1) is 11.5. The van der Waals surface area contributed by atoms with Crippen LogP contribution in [0.1, 0.15) is 67.3 Å². The molecular weight excluding hydrogens is 340 g/mol. The number of thiocarbonyl (C=S) groups is 1. The smallest absolute Gasteiger partial charge is 0.341 e. The molecular formula is C18H28N2O2S2. The van der Waals surface area contributed by atoms with Crippen molar-refractivity contribution in [2.45, 2.75) is 59.3 Å². The van der Waals surface area contributed by atoms with Crippen molar-refractivity contribution in [1.82, 2.24) is 5.32 Å². The van der Waals surface area contributed by atoms with Crippen LogP contribution in [0.4, 0.5) is 5.00 Å². The van der Waals surface area contributed by atoms with Crippen molar-refractivity contribution in [3.8, 4) is 0 Å². The van der Waals surface area contributed by atoms with Crippen LogP contribution < -0.4 is 10.6 Å². The molecule has 0 radical (unpaired) electrons. The fourth-order valence-corrected chi connectivity index (χ4v) is 4.42. The van der Waals surface area contributed by atoms with Gasteiger partial charge in [0.15, 0.2) is 5.11 Å². The highest BCUT2D eigenvalue weighted by atomic mass is 32.1. The van der Waals surface area contributed by atoms with Crippen LogP contribution in [-0.4, -0.2) is 24.2 Å². The van der Waals surface area contributed by atoms with E-state index in [4.69, 9.17) is 17.0 Å². The number of hydrogen-bond donors (Lipinski definition) is 2. The number of rotatable bonds is 6. The molecule has 0 saturated carbocycles. The number of esters is 1. The summed E-state index contributed by atoms with van der Waals surface area (Å²) >= 11 is 7.06. The highest BCUT2D eigenvalue weighted by molar-refractivity contribution is 7.80. The lowest BCUT2D eigenvalue weighted by Crippen LogP contribution is -2.30. The number of thiophene rings is 1. The molecule has 0 fully saturated rings. The first-order valence-corrected chi connectivity index (χ1v) is 10.1.